The lowest BCUT2D eigenvalue weighted by Crippen LogP contribution is -2.45. The molecular weight excluding hydrogens is 240 g/mol. The zero-order valence-electron chi connectivity index (χ0n) is 11.1. The lowest BCUT2D eigenvalue weighted by Gasteiger charge is -2.17. The lowest BCUT2D eigenvalue weighted by molar-refractivity contribution is -0.143. The van der Waals surface area contributed by atoms with E-state index in [4.69, 9.17) is 0 Å². The van der Waals surface area contributed by atoms with E-state index in [1.807, 2.05) is 19.2 Å². The van der Waals surface area contributed by atoms with Gasteiger partial charge in [0, 0.05) is 0 Å². The predicted octanol–water partition coefficient (Wildman–Crippen LogP) is 0.0463. The first-order valence-corrected chi connectivity index (χ1v) is 5.59. The van der Waals surface area contributed by atoms with Gasteiger partial charge in [0.15, 0.2) is 0 Å². The maximum Gasteiger partial charge on any atom is 0.413 e. The van der Waals surface area contributed by atoms with Crippen molar-refractivity contribution in [3.63, 3.8) is 0 Å². The van der Waals surface area contributed by atoms with E-state index in [2.05, 4.69) is 14.8 Å². The average molecular weight is 260 g/mol. The van der Waals surface area contributed by atoms with Crippen LogP contribution in [0.5, 0.6) is 0 Å². The summed E-state index contributed by atoms with van der Waals surface area (Å²) >= 11 is 0. The van der Waals surface area contributed by atoms with Crippen molar-refractivity contribution in [1.82, 2.24) is 10.6 Å². The van der Waals surface area contributed by atoms with Crippen molar-refractivity contribution < 1.29 is 23.9 Å². The van der Waals surface area contributed by atoms with E-state index in [0.717, 1.165) is 7.11 Å². The Balaban J connectivity index is 4.21. The first kappa shape index (κ1) is 16.4. The Bertz CT molecular complexity index is 304. The number of nitrogens with one attached hydrogen (secondary N) is 2. The Morgan fingerprint density at radius 3 is 2.17 bits per heavy atom. The molecule has 0 aliphatic rings. The van der Waals surface area contributed by atoms with Crippen LogP contribution in [0.25, 0.3) is 0 Å². The molecule has 0 bridgehead atoms. The molecule has 0 rings (SSSR count). The van der Waals surface area contributed by atoms with Crippen LogP contribution in [0.4, 0.5) is 4.79 Å². The first-order chi connectivity index (χ1) is 8.40. The molecule has 7 heteroatoms. The number of carbonyl (C=O) groups excluding carboxylic acids is 3. The highest BCUT2D eigenvalue weighted by Crippen LogP contribution is 2.05. The number of alkyl carbamates (subject to hydrolysis) is 1. The summed E-state index contributed by atoms with van der Waals surface area (Å²) in [4.78, 5) is 33.5. The molecule has 1 atom stereocenters. The van der Waals surface area contributed by atoms with Gasteiger partial charge >= 0.3 is 12.1 Å². The maximum atomic E-state index is 11.4. The van der Waals surface area contributed by atoms with Crippen LogP contribution in [0, 0.1) is 5.92 Å². The van der Waals surface area contributed by atoms with Gasteiger partial charge < -0.3 is 9.47 Å². The van der Waals surface area contributed by atoms with Gasteiger partial charge in [0.1, 0.15) is 6.04 Å². The minimum atomic E-state index is -0.833. The summed E-state index contributed by atoms with van der Waals surface area (Å²) in [6.07, 6.45) is -0.293. The molecule has 0 aliphatic heterocycles. The minimum absolute atomic E-state index is 0.165. The van der Waals surface area contributed by atoms with Crippen molar-refractivity contribution in [2.45, 2.75) is 26.3 Å². The monoisotopic (exact) mass is 260 g/mol. The second kappa shape index (κ2) is 8.46. The minimum Gasteiger partial charge on any atom is -0.468 e. The molecule has 7 nitrogen and oxygen atoms in total. The normalized spacial score (nSPS) is 11.8. The van der Waals surface area contributed by atoms with Gasteiger partial charge in [0.25, 0.3) is 0 Å². The number of hydrogen-bond donors (Lipinski definition) is 2. The number of hydrogen-bond acceptors (Lipinski definition) is 6. The lowest BCUT2D eigenvalue weighted by atomic mass is 10.0. The smallest absolute Gasteiger partial charge is 0.413 e. The third kappa shape index (κ3) is 6.85. The van der Waals surface area contributed by atoms with Gasteiger partial charge in [-0.3, -0.25) is 20.2 Å². The highest BCUT2D eigenvalue weighted by atomic mass is 16.5. The van der Waals surface area contributed by atoms with Crippen molar-refractivity contribution in [2.24, 2.45) is 5.92 Å². The fraction of sp³-hybridized carbons (Fsp3) is 0.727. The second-order valence-corrected chi connectivity index (χ2v) is 4.13. The summed E-state index contributed by atoms with van der Waals surface area (Å²) in [5, 5.41) is 4.72. The van der Waals surface area contributed by atoms with Gasteiger partial charge in [-0.1, -0.05) is 13.8 Å². The van der Waals surface area contributed by atoms with E-state index < -0.39 is 24.0 Å². The highest BCUT2D eigenvalue weighted by Gasteiger charge is 2.21. The molecule has 1 unspecified atom stereocenters. The topological polar surface area (TPSA) is 93.7 Å². The van der Waals surface area contributed by atoms with Gasteiger partial charge in [-0.15, -0.1) is 0 Å². The molecule has 0 saturated carbocycles. The number of carbonyl (C=O) groups is 3. The molecule has 0 heterocycles. The fourth-order valence-corrected chi connectivity index (χ4v) is 1.30. The van der Waals surface area contributed by atoms with Gasteiger partial charge in [0.05, 0.1) is 20.8 Å². The van der Waals surface area contributed by atoms with Gasteiger partial charge in [0.2, 0.25) is 5.91 Å². The van der Waals surface area contributed by atoms with Crippen molar-refractivity contribution in [3.8, 4) is 0 Å². The van der Waals surface area contributed by atoms with E-state index in [9.17, 15) is 14.4 Å². The van der Waals surface area contributed by atoms with Gasteiger partial charge in [-0.2, -0.15) is 0 Å². The highest BCUT2D eigenvalue weighted by molar-refractivity contribution is 5.93. The van der Waals surface area contributed by atoms with Crippen LogP contribution in [-0.2, 0) is 19.1 Å². The molecule has 0 fully saturated rings. The van der Waals surface area contributed by atoms with E-state index >= 15 is 0 Å². The standard InChI is InChI=1S/C11H20N2O5/c1-7(2)5-8(10(15)17-3)12-6-9(14)13-11(16)18-4/h7-8,12H,5-6H2,1-4H3,(H,13,14,16). The zero-order chi connectivity index (χ0) is 14.1. The van der Waals surface area contributed by atoms with E-state index in [1.54, 1.807) is 0 Å². The van der Waals surface area contributed by atoms with Crippen LogP contribution in [0.15, 0.2) is 0 Å². The molecule has 104 valence electrons. The average Bonchev–Trinajstić information content (AvgIpc) is 2.32. The maximum absolute atomic E-state index is 11.4. The van der Waals surface area contributed by atoms with E-state index in [1.165, 1.54) is 7.11 Å². The summed E-state index contributed by atoms with van der Waals surface area (Å²) in [6, 6.07) is -0.571. The number of ether oxygens (including phenoxy) is 2. The molecule has 18 heavy (non-hydrogen) atoms. The Hall–Kier alpha value is -1.63. The number of esters is 1. The Morgan fingerprint density at radius 2 is 1.72 bits per heavy atom. The predicted molar refractivity (Wildman–Crippen MR) is 63.8 cm³/mol. The van der Waals surface area contributed by atoms with Crippen LogP contribution in [-0.4, -0.2) is 44.8 Å². The molecule has 0 aromatic rings. The third-order valence-corrected chi connectivity index (χ3v) is 2.13. The molecule has 0 saturated heterocycles. The molecule has 0 aromatic carbocycles. The second-order valence-electron chi connectivity index (χ2n) is 4.13. The summed E-state index contributed by atoms with van der Waals surface area (Å²) in [6.45, 7) is 3.74. The summed E-state index contributed by atoms with van der Waals surface area (Å²) in [5.41, 5.74) is 0. The quantitative estimate of drug-likeness (QED) is 0.655. The summed E-state index contributed by atoms with van der Waals surface area (Å²) in [7, 11) is 2.44. The van der Waals surface area contributed by atoms with Crippen LogP contribution < -0.4 is 10.6 Å². The SMILES string of the molecule is COC(=O)NC(=O)CNC(CC(C)C)C(=O)OC. The molecule has 0 aromatic heterocycles. The zero-order valence-corrected chi connectivity index (χ0v) is 11.1. The van der Waals surface area contributed by atoms with Crippen molar-refractivity contribution in [3.05, 3.63) is 0 Å². The van der Waals surface area contributed by atoms with E-state index in [-0.39, 0.29) is 12.5 Å². The molecule has 0 spiro atoms. The van der Waals surface area contributed by atoms with Crippen molar-refractivity contribution in [1.29, 1.82) is 0 Å². The van der Waals surface area contributed by atoms with Gasteiger partial charge in [-0.05, 0) is 12.3 Å². The summed E-state index contributed by atoms with van der Waals surface area (Å²) < 4.78 is 8.89. The number of methoxy groups -OCH3 is 2. The fourth-order valence-electron chi connectivity index (χ4n) is 1.30. The molecule has 2 amide bonds. The summed E-state index contributed by atoms with van der Waals surface area (Å²) in [5.74, 6) is -0.737. The number of rotatable bonds is 6. The number of imide groups is 1. The Morgan fingerprint density at radius 1 is 1.11 bits per heavy atom. The molecule has 0 radical (unpaired) electrons. The van der Waals surface area contributed by atoms with Crippen molar-refractivity contribution >= 4 is 18.0 Å². The molecular formula is C11H20N2O5. The molecule has 2 N–H and O–H groups in total. The van der Waals surface area contributed by atoms with E-state index in [0.29, 0.717) is 6.42 Å². The number of amides is 2. The first-order valence-electron chi connectivity index (χ1n) is 5.59. The van der Waals surface area contributed by atoms with Crippen LogP contribution in [0.1, 0.15) is 20.3 Å². The van der Waals surface area contributed by atoms with Crippen molar-refractivity contribution in [2.75, 3.05) is 20.8 Å². The third-order valence-electron chi connectivity index (χ3n) is 2.13. The molecule has 0 aliphatic carbocycles. The Labute approximate surface area is 106 Å². The van der Waals surface area contributed by atoms with Crippen LogP contribution in [0.2, 0.25) is 0 Å². The van der Waals surface area contributed by atoms with Gasteiger partial charge in [-0.25, -0.2) is 4.79 Å². The Kier molecular flexibility index (Phi) is 7.69. The van der Waals surface area contributed by atoms with Crippen LogP contribution >= 0.6 is 0 Å². The van der Waals surface area contributed by atoms with Crippen LogP contribution in [0.3, 0.4) is 0 Å². The largest absolute Gasteiger partial charge is 0.468 e.